The van der Waals surface area contributed by atoms with Gasteiger partial charge in [0.05, 0.1) is 10.4 Å². The monoisotopic (exact) mass is 421 g/mol. The van der Waals surface area contributed by atoms with Crippen LogP contribution in [0.15, 0.2) is 23.1 Å². The zero-order valence-electron chi connectivity index (χ0n) is 17.3. The van der Waals surface area contributed by atoms with Gasteiger partial charge in [0.1, 0.15) is 5.52 Å². The number of rotatable bonds is 7. The van der Waals surface area contributed by atoms with Gasteiger partial charge in [0.25, 0.3) is 0 Å². The molecule has 1 N–H and O–H groups in total. The molecule has 1 aromatic carbocycles. The standard InChI is InChI=1S/C20H31N5O3S/c1-24(2)29(27,28)17-12-13-19-18(15-17)22-23-25(19)14-8-11-20(26)21-16-9-6-4-3-5-7-10-16/h12-13,15-16H,3-11,14H2,1-2H3,(H,21,26). The molecule has 0 aliphatic heterocycles. The van der Waals surface area contributed by atoms with Gasteiger partial charge in [-0.05, 0) is 37.5 Å². The third-order valence-corrected chi connectivity index (χ3v) is 7.32. The second-order valence-electron chi connectivity index (χ2n) is 7.96. The number of carbonyl (C=O) groups excluding carboxylic acids is 1. The lowest BCUT2D eigenvalue weighted by molar-refractivity contribution is -0.122. The molecule has 0 spiro atoms. The summed E-state index contributed by atoms with van der Waals surface area (Å²) in [5, 5.41) is 11.4. The van der Waals surface area contributed by atoms with Crippen LogP contribution in [0.4, 0.5) is 0 Å². The number of aromatic nitrogens is 3. The number of sulfonamides is 1. The van der Waals surface area contributed by atoms with Crippen molar-refractivity contribution in [3.05, 3.63) is 18.2 Å². The summed E-state index contributed by atoms with van der Waals surface area (Å²) in [6.45, 7) is 0.564. The Morgan fingerprint density at radius 3 is 2.55 bits per heavy atom. The Morgan fingerprint density at radius 1 is 1.17 bits per heavy atom. The quantitative estimate of drug-likeness (QED) is 0.741. The third-order valence-electron chi connectivity index (χ3n) is 5.51. The van der Waals surface area contributed by atoms with E-state index in [1.807, 2.05) is 0 Å². The van der Waals surface area contributed by atoms with E-state index in [9.17, 15) is 13.2 Å². The summed E-state index contributed by atoms with van der Waals surface area (Å²) >= 11 is 0. The van der Waals surface area contributed by atoms with E-state index >= 15 is 0 Å². The van der Waals surface area contributed by atoms with Crippen molar-refractivity contribution < 1.29 is 13.2 Å². The number of hydrogen-bond donors (Lipinski definition) is 1. The second kappa shape index (κ2) is 9.67. The molecule has 1 amide bonds. The Balaban J connectivity index is 1.55. The molecule has 1 heterocycles. The SMILES string of the molecule is CN(C)S(=O)(=O)c1ccc2c(c1)nnn2CCCC(=O)NC1CCCCCCC1. The van der Waals surface area contributed by atoms with E-state index in [1.165, 1.54) is 56.6 Å². The first-order chi connectivity index (χ1) is 13.9. The Morgan fingerprint density at radius 2 is 1.86 bits per heavy atom. The number of fused-ring (bicyclic) bond motifs is 1. The molecular weight excluding hydrogens is 390 g/mol. The van der Waals surface area contributed by atoms with Gasteiger partial charge >= 0.3 is 0 Å². The second-order valence-corrected chi connectivity index (χ2v) is 10.1. The molecule has 1 aliphatic carbocycles. The molecule has 8 nitrogen and oxygen atoms in total. The highest BCUT2D eigenvalue weighted by Gasteiger charge is 2.19. The van der Waals surface area contributed by atoms with Crippen LogP contribution in [0, 0.1) is 0 Å². The first kappa shape index (κ1) is 21.7. The molecule has 1 aliphatic rings. The molecule has 160 valence electrons. The van der Waals surface area contributed by atoms with Crippen molar-refractivity contribution in [2.75, 3.05) is 14.1 Å². The normalized spacial score (nSPS) is 16.7. The molecule has 2 aromatic rings. The van der Waals surface area contributed by atoms with Crippen LogP contribution in [0.3, 0.4) is 0 Å². The lowest BCUT2D eigenvalue weighted by Crippen LogP contribution is -2.35. The maximum atomic E-state index is 12.3. The van der Waals surface area contributed by atoms with Crippen LogP contribution in [0.5, 0.6) is 0 Å². The van der Waals surface area contributed by atoms with E-state index in [-0.39, 0.29) is 10.8 Å². The zero-order chi connectivity index (χ0) is 20.9. The summed E-state index contributed by atoms with van der Waals surface area (Å²) in [6, 6.07) is 5.14. The fourth-order valence-corrected chi connectivity index (χ4v) is 4.70. The number of benzene rings is 1. The highest BCUT2D eigenvalue weighted by atomic mass is 32.2. The smallest absolute Gasteiger partial charge is 0.242 e. The fourth-order valence-electron chi connectivity index (χ4n) is 3.78. The van der Waals surface area contributed by atoms with E-state index in [4.69, 9.17) is 0 Å². The van der Waals surface area contributed by atoms with Gasteiger partial charge in [0, 0.05) is 33.1 Å². The Kier molecular flexibility index (Phi) is 7.23. The molecule has 0 bridgehead atoms. The van der Waals surface area contributed by atoms with Crippen molar-refractivity contribution in [1.29, 1.82) is 0 Å². The van der Waals surface area contributed by atoms with Crippen LogP contribution in [0.1, 0.15) is 57.8 Å². The van der Waals surface area contributed by atoms with Crippen LogP contribution in [-0.2, 0) is 21.4 Å². The van der Waals surface area contributed by atoms with Gasteiger partial charge in [-0.3, -0.25) is 4.79 Å². The van der Waals surface area contributed by atoms with Crippen LogP contribution in [0.25, 0.3) is 11.0 Å². The average molecular weight is 422 g/mol. The number of aryl methyl sites for hydroxylation is 1. The van der Waals surface area contributed by atoms with Crippen LogP contribution in [0.2, 0.25) is 0 Å². The maximum Gasteiger partial charge on any atom is 0.242 e. The van der Waals surface area contributed by atoms with Crippen LogP contribution >= 0.6 is 0 Å². The van der Waals surface area contributed by atoms with Crippen molar-refractivity contribution in [2.24, 2.45) is 0 Å². The number of nitrogens with one attached hydrogen (secondary N) is 1. The largest absolute Gasteiger partial charge is 0.353 e. The van der Waals surface area contributed by atoms with Gasteiger partial charge in [-0.15, -0.1) is 5.10 Å². The maximum absolute atomic E-state index is 12.3. The van der Waals surface area contributed by atoms with Crippen LogP contribution in [-0.4, -0.2) is 53.8 Å². The van der Waals surface area contributed by atoms with Crippen molar-refractivity contribution in [3.8, 4) is 0 Å². The highest BCUT2D eigenvalue weighted by Crippen LogP contribution is 2.20. The van der Waals surface area contributed by atoms with E-state index < -0.39 is 10.0 Å². The third kappa shape index (κ3) is 5.54. The van der Waals surface area contributed by atoms with E-state index in [0.29, 0.717) is 30.9 Å². The van der Waals surface area contributed by atoms with E-state index in [1.54, 1.807) is 16.8 Å². The summed E-state index contributed by atoms with van der Waals surface area (Å²) < 4.78 is 27.4. The summed E-state index contributed by atoms with van der Waals surface area (Å²) in [5.74, 6) is 0.0966. The van der Waals surface area contributed by atoms with Gasteiger partial charge in [0.2, 0.25) is 15.9 Å². The molecule has 1 aromatic heterocycles. The summed E-state index contributed by atoms with van der Waals surface area (Å²) in [5.41, 5.74) is 1.30. The predicted molar refractivity (Wildman–Crippen MR) is 112 cm³/mol. The number of nitrogens with zero attached hydrogens (tertiary/aromatic N) is 4. The molecule has 29 heavy (non-hydrogen) atoms. The highest BCUT2D eigenvalue weighted by molar-refractivity contribution is 7.89. The molecule has 0 saturated heterocycles. The minimum absolute atomic E-state index is 0.0966. The van der Waals surface area contributed by atoms with E-state index in [2.05, 4.69) is 15.6 Å². The summed E-state index contributed by atoms with van der Waals surface area (Å²) in [7, 11) is -0.507. The van der Waals surface area contributed by atoms with Crippen molar-refractivity contribution >= 4 is 27.0 Å². The Bertz CT molecular complexity index is 931. The van der Waals surface area contributed by atoms with Crippen LogP contribution < -0.4 is 5.32 Å². The van der Waals surface area contributed by atoms with Crippen molar-refractivity contribution in [1.82, 2.24) is 24.6 Å². The molecule has 3 rings (SSSR count). The minimum Gasteiger partial charge on any atom is -0.353 e. The number of hydrogen-bond acceptors (Lipinski definition) is 5. The average Bonchev–Trinajstić information content (AvgIpc) is 3.06. The Hall–Kier alpha value is -2.00. The van der Waals surface area contributed by atoms with Crippen molar-refractivity contribution in [2.45, 2.75) is 75.3 Å². The summed E-state index contributed by atoms with van der Waals surface area (Å²) in [4.78, 5) is 12.5. The summed E-state index contributed by atoms with van der Waals surface area (Å²) in [6.07, 6.45) is 9.51. The lowest BCUT2D eigenvalue weighted by Gasteiger charge is -2.21. The fraction of sp³-hybridized carbons (Fsp3) is 0.650. The number of carbonyl (C=O) groups is 1. The number of amides is 1. The zero-order valence-corrected chi connectivity index (χ0v) is 18.1. The van der Waals surface area contributed by atoms with Gasteiger partial charge < -0.3 is 5.32 Å². The van der Waals surface area contributed by atoms with Gasteiger partial charge in [0.15, 0.2) is 0 Å². The lowest BCUT2D eigenvalue weighted by atomic mass is 9.96. The van der Waals surface area contributed by atoms with Gasteiger partial charge in [-0.1, -0.05) is 37.3 Å². The first-order valence-corrected chi connectivity index (χ1v) is 11.9. The molecule has 0 unspecified atom stereocenters. The van der Waals surface area contributed by atoms with Gasteiger partial charge in [-0.25, -0.2) is 17.4 Å². The topological polar surface area (TPSA) is 97.2 Å². The predicted octanol–water partition coefficient (Wildman–Crippen LogP) is 2.69. The van der Waals surface area contributed by atoms with E-state index in [0.717, 1.165) is 18.4 Å². The molecular formula is C20H31N5O3S. The molecule has 0 atom stereocenters. The van der Waals surface area contributed by atoms with Crippen molar-refractivity contribution in [3.63, 3.8) is 0 Å². The minimum atomic E-state index is -3.50. The molecule has 0 radical (unpaired) electrons. The molecule has 9 heteroatoms. The van der Waals surface area contributed by atoms with Gasteiger partial charge in [-0.2, -0.15) is 0 Å². The molecule has 1 fully saturated rings. The Labute approximate surface area is 172 Å². The molecule has 1 saturated carbocycles. The first-order valence-electron chi connectivity index (χ1n) is 10.4.